The van der Waals surface area contributed by atoms with Crippen LogP contribution < -0.4 is 32.7 Å². The number of Topliss-reactive ketones (excluding diaryl/α,β-unsaturated/α-hetero) is 1. The summed E-state index contributed by atoms with van der Waals surface area (Å²) in [7, 11) is 3.34. The Morgan fingerprint density at radius 1 is 0.803 bits per heavy atom. The summed E-state index contributed by atoms with van der Waals surface area (Å²) >= 11 is 0. The summed E-state index contributed by atoms with van der Waals surface area (Å²) in [5.74, 6) is -1.15. The van der Waals surface area contributed by atoms with Crippen molar-refractivity contribution in [2.24, 2.45) is 17.4 Å². The van der Waals surface area contributed by atoms with Crippen LogP contribution in [0.25, 0.3) is 0 Å². The van der Waals surface area contributed by atoms with Gasteiger partial charge in [-0.25, -0.2) is 0 Å². The predicted octanol–water partition coefficient (Wildman–Crippen LogP) is 1.24. The normalized spacial score (nSPS) is 17.4. The Hall–Kier alpha value is -3.71. The average Bonchev–Trinajstić information content (AvgIpc) is 3.31. The number of ether oxygens (including phenoxy) is 4. The number of carbonyl (C=O) groups is 7. The second-order valence-corrected chi connectivity index (χ2v) is 16.7. The summed E-state index contributed by atoms with van der Waals surface area (Å²) in [5.41, 5.74) is 10.2. The maximum Gasteiger partial charge on any atom is 0.245 e. The zero-order valence-corrected chi connectivity index (χ0v) is 44.1. The highest BCUT2D eigenvalue weighted by atomic mass is 16.7. The Balaban J connectivity index is -0.000000261. The van der Waals surface area contributed by atoms with E-state index in [0.717, 1.165) is 57.8 Å². The van der Waals surface area contributed by atoms with Crippen LogP contribution in [-0.4, -0.2) is 190 Å². The number of nitrogens with two attached hydrogens (primary N) is 2. The topological polar surface area (TPSA) is 341 Å². The second kappa shape index (κ2) is 54.1. The number of primary amides is 2. The van der Waals surface area contributed by atoms with Gasteiger partial charge in [-0.05, 0) is 46.6 Å². The average molecular weight is 1030 g/mol. The minimum absolute atomic E-state index is 0. The van der Waals surface area contributed by atoms with Crippen LogP contribution in [0.3, 0.4) is 0 Å². The molecule has 0 bridgehead atoms. The quantitative estimate of drug-likeness (QED) is 0.0312. The molecule has 0 spiro atoms. The molecule has 71 heavy (non-hydrogen) atoms. The van der Waals surface area contributed by atoms with Crippen molar-refractivity contribution in [3.63, 3.8) is 0 Å². The SMILES string of the molecule is C.CCCC(=O)CN(CC(N)=O)C(C=O)CC.CCCCCCC(=O)NC(C(=O)NC)[C@@H](C)O.CCCCCCC(C)C(N)=O.CNCCOCCO.C[C@@H]1OC(OCCOCCNC=O)[C@H](O)CC1O. The first-order valence-corrected chi connectivity index (χ1v) is 25.0. The molecular weight excluding hydrogens is 927 g/mol. The van der Waals surface area contributed by atoms with Gasteiger partial charge in [-0.2, -0.15) is 0 Å². The van der Waals surface area contributed by atoms with Crippen molar-refractivity contribution in [2.45, 2.75) is 189 Å². The lowest BCUT2D eigenvalue weighted by Gasteiger charge is -2.35. The Morgan fingerprint density at radius 2 is 1.41 bits per heavy atom. The number of aliphatic hydroxyl groups excluding tert-OH is 4. The molecule has 1 heterocycles. The van der Waals surface area contributed by atoms with Gasteiger partial charge >= 0.3 is 0 Å². The Bertz CT molecular complexity index is 1300. The number of hydrogen-bond donors (Lipinski definition) is 10. The maximum atomic E-state index is 11.5. The summed E-state index contributed by atoms with van der Waals surface area (Å²) < 4.78 is 20.7. The highest BCUT2D eigenvalue weighted by molar-refractivity contribution is 5.88. The van der Waals surface area contributed by atoms with Crippen molar-refractivity contribution in [3.8, 4) is 0 Å². The molecule has 1 aliphatic rings. The summed E-state index contributed by atoms with van der Waals surface area (Å²) in [6, 6.07) is -1.27. The molecule has 1 rings (SSSR count). The van der Waals surface area contributed by atoms with Crippen molar-refractivity contribution in [3.05, 3.63) is 0 Å². The molecule has 0 saturated carbocycles. The minimum atomic E-state index is -0.894. The number of amides is 5. The number of likely N-dealkylation sites (N-methyl/N-ethyl adjacent to an activating group) is 2. The monoisotopic (exact) mass is 1030 g/mol. The number of nitrogens with zero attached hydrogens (tertiary/aromatic N) is 1. The molecule has 0 aromatic rings. The minimum Gasteiger partial charge on any atom is -0.394 e. The number of carbonyl (C=O) groups excluding carboxylic acids is 7. The van der Waals surface area contributed by atoms with Crippen LogP contribution in [0.2, 0.25) is 0 Å². The highest BCUT2D eigenvalue weighted by Crippen LogP contribution is 2.20. The molecule has 12 N–H and O–H groups in total. The smallest absolute Gasteiger partial charge is 0.245 e. The van der Waals surface area contributed by atoms with Crippen molar-refractivity contribution in [2.75, 3.05) is 79.9 Å². The second-order valence-electron chi connectivity index (χ2n) is 16.7. The van der Waals surface area contributed by atoms with Gasteiger partial charge in [0, 0.05) is 45.3 Å². The highest BCUT2D eigenvalue weighted by Gasteiger charge is 2.34. The molecule has 1 aliphatic heterocycles. The molecule has 0 aromatic carbocycles. The molecule has 22 heteroatoms. The Kier molecular flexibility index (Phi) is 58.0. The van der Waals surface area contributed by atoms with Crippen molar-refractivity contribution in [1.82, 2.24) is 26.2 Å². The number of aliphatic hydroxyl groups is 4. The van der Waals surface area contributed by atoms with Gasteiger partial charge in [0.15, 0.2) is 6.29 Å². The fourth-order valence-electron chi connectivity index (χ4n) is 6.00. The fraction of sp³-hybridized carbons (Fsp3) is 0.857. The van der Waals surface area contributed by atoms with E-state index in [4.69, 9.17) is 35.5 Å². The molecular formula is C49H101N7O15. The van der Waals surface area contributed by atoms with Gasteiger partial charge in [-0.1, -0.05) is 87.0 Å². The van der Waals surface area contributed by atoms with Gasteiger partial charge in [0.1, 0.15) is 24.2 Å². The van der Waals surface area contributed by atoms with Crippen LogP contribution in [0, 0.1) is 5.92 Å². The van der Waals surface area contributed by atoms with Crippen LogP contribution in [0.5, 0.6) is 0 Å². The number of rotatable bonds is 36. The van der Waals surface area contributed by atoms with E-state index in [1.54, 1.807) is 6.92 Å². The predicted molar refractivity (Wildman–Crippen MR) is 275 cm³/mol. The van der Waals surface area contributed by atoms with E-state index < -0.39 is 42.6 Å². The third-order valence-electron chi connectivity index (χ3n) is 10.3. The van der Waals surface area contributed by atoms with Gasteiger partial charge in [-0.15, -0.1) is 0 Å². The first-order valence-electron chi connectivity index (χ1n) is 25.0. The Morgan fingerprint density at radius 3 is 1.90 bits per heavy atom. The first-order chi connectivity index (χ1) is 33.3. The van der Waals surface area contributed by atoms with Crippen LogP contribution in [-0.2, 0) is 52.5 Å². The van der Waals surface area contributed by atoms with E-state index in [-0.39, 0.29) is 75.7 Å². The van der Waals surface area contributed by atoms with E-state index in [1.807, 2.05) is 27.8 Å². The molecule has 0 aliphatic carbocycles. The molecule has 0 radical (unpaired) electrons. The Labute approximate surface area is 426 Å². The summed E-state index contributed by atoms with van der Waals surface area (Å²) in [6.45, 7) is 16.8. The number of nitrogens with one attached hydrogen (secondary N) is 4. The van der Waals surface area contributed by atoms with Crippen LogP contribution in [0.4, 0.5) is 0 Å². The molecule has 5 amide bonds. The fourth-order valence-corrected chi connectivity index (χ4v) is 6.00. The molecule has 8 atom stereocenters. The van der Waals surface area contributed by atoms with Crippen LogP contribution in [0.15, 0.2) is 0 Å². The summed E-state index contributed by atoms with van der Waals surface area (Å²) in [4.78, 5) is 78.1. The van der Waals surface area contributed by atoms with Gasteiger partial charge in [0.05, 0.1) is 77.1 Å². The molecule has 1 fully saturated rings. The lowest BCUT2D eigenvalue weighted by atomic mass is 10.0. The summed E-state index contributed by atoms with van der Waals surface area (Å²) in [6.07, 6.45) is 10.3. The van der Waals surface area contributed by atoms with Gasteiger partial charge in [0.25, 0.3) is 0 Å². The number of hydrogen-bond acceptors (Lipinski definition) is 17. The lowest BCUT2D eigenvalue weighted by Crippen LogP contribution is -2.51. The molecule has 1 saturated heterocycles. The van der Waals surface area contributed by atoms with Gasteiger partial charge in [0.2, 0.25) is 30.0 Å². The molecule has 422 valence electrons. The number of ketones is 1. The third-order valence-corrected chi connectivity index (χ3v) is 10.3. The van der Waals surface area contributed by atoms with E-state index in [9.17, 15) is 48.9 Å². The standard InChI is InChI=1S/C12H24N2O3.C11H20N2O3.C11H21NO6.C9H19NO.C5H13NO2.CH4/c1-4-5-6-7-8-10(16)14-11(9(2)15)12(17)13-3;1-3-5-10(15)6-13(7-11(12)16)9(4-2)8-14;1-8-9(14)6-10(15)11(18-8)17-5-4-16-3-2-12-7-13;1-3-4-5-6-7-8(2)9(10)11;1-6-2-4-8-5-3-7;/h9,11,15H,4-8H2,1-3H3,(H,13,17)(H,14,16);8-9H,3-7H2,1-2H3,(H2,12,16);7-11,14-15H,2-6H2,1H3,(H,12,13);8H,3-7H2,1-2H3,(H2,10,11);6-7H,2-5H2,1H3;1H4/t9-,11?;;8-,9?,10+,11?;;;/m1.0.../s1. The summed E-state index contributed by atoms with van der Waals surface area (Å²) in [5, 5.41) is 47.0. The first kappa shape index (κ1) is 76.2. The molecule has 22 nitrogen and oxygen atoms in total. The third kappa shape index (κ3) is 48.3. The van der Waals surface area contributed by atoms with Crippen LogP contribution >= 0.6 is 0 Å². The zero-order chi connectivity index (χ0) is 54.1. The zero-order valence-electron chi connectivity index (χ0n) is 44.1. The van der Waals surface area contributed by atoms with Crippen molar-refractivity contribution in [1.29, 1.82) is 0 Å². The molecule has 0 aromatic heterocycles. The van der Waals surface area contributed by atoms with Crippen molar-refractivity contribution < 1.29 is 72.9 Å². The van der Waals surface area contributed by atoms with Crippen molar-refractivity contribution >= 4 is 42.1 Å². The van der Waals surface area contributed by atoms with E-state index in [2.05, 4.69) is 35.1 Å². The van der Waals surface area contributed by atoms with E-state index >= 15 is 0 Å². The van der Waals surface area contributed by atoms with Crippen LogP contribution in [0.1, 0.15) is 146 Å². The largest absolute Gasteiger partial charge is 0.394 e. The van der Waals surface area contributed by atoms with E-state index in [1.165, 1.54) is 38.1 Å². The number of aldehydes is 1. The molecule has 5 unspecified atom stereocenters. The van der Waals surface area contributed by atoms with Gasteiger partial charge in [-0.3, -0.25) is 33.7 Å². The maximum absolute atomic E-state index is 11.5. The lowest BCUT2D eigenvalue weighted by molar-refractivity contribution is -0.263. The number of unbranched alkanes of at least 4 members (excludes halogenated alkanes) is 6. The van der Waals surface area contributed by atoms with Gasteiger partial charge < -0.3 is 76.9 Å². The van der Waals surface area contributed by atoms with E-state index in [0.29, 0.717) is 58.6 Å².